The largest absolute Gasteiger partial charge is 0.379 e. The minimum Gasteiger partial charge on any atom is -0.379 e. The van der Waals surface area contributed by atoms with Gasteiger partial charge in [-0.1, -0.05) is 18.2 Å². The first-order chi connectivity index (χ1) is 10.4. The second-order valence-electron chi connectivity index (χ2n) is 5.75. The highest BCUT2D eigenvalue weighted by Gasteiger charge is 2.19. The van der Waals surface area contributed by atoms with Crippen LogP contribution in [0.25, 0.3) is 0 Å². The summed E-state index contributed by atoms with van der Waals surface area (Å²) >= 11 is 1.98. The Morgan fingerprint density at radius 2 is 2.24 bits per heavy atom. The van der Waals surface area contributed by atoms with Crippen molar-refractivity contribution >= 4 is 11.8 Å². The summed E-state index contributed by atoms with van der Waals surface area (Å²) in [6, 6.07) is 9.28. The summed E-state index contributed by atoms with van der Waals surface area (Å²) in [5.41, 5.74) is 1.47. The van der Waals surface area contributed by atoms with Crippen molar-refractivity contribution in [2.75, 3.05) is 32.1 Å². The van der Waals surface area contributed by atoms with Crippen molar-refractivity contribution < 1.29 is 9.47 Å². The van der Waals surface area contributed by atoms with Crippen molar-refractivity contribution in [3.63, 3.8) is 0 Å². The summed E-state index contributed by atoms with van der Waals surface area (Å²) in [7, 11) is 0. The fourth-order valence-electron chi connectivity index (χ4n) is 3.00. The molecule has 1 N–H and O–H groups in total. The van der Waals surface area contributed by atoms with Crippen molar-refractivity contribution in [2.24, 2.45) is 0 Å². The maximum absolute atomic E-state index is 5.71. The van der Waals surface area contributed by atoms with Crippen LogP contribution in [0, 0.1) is 0 Å². The van der Waals surface area contributed by atoms with Gasteiger partial charge in [-0.05, 0) is 49.6 Å². The van der Waals surface area contributed by atoms with Crippen LogP contribution in [0.15, 0.2) is 29.2 Å². The Kier molecular flexibility index (Phi) is 5.98. The Balaban J connectivity index is 1.32. The number of thioether (sulfide) groups is 1. The van der Waals surface area contributed by atoms with Gasteiger partial charge in [-0.25, -0.2) is 0 Å². The molecule has 2 heterocycles. The molecule has 4 heteroatoms. The van der Waals surface area contributed by atoms with Gasteiger partial charge >= 0.3 is 0 Å². The molecule has 0 aromatic heterocycles. The third-order valence-electron chi connectivity index (χ3n) is 4.14. The zero-order valence-corrected chi connectivity index (χ0v) is 13.4. The second kappa shape index (κ2) is 8.18. The first kappa shape index (κ1) is 15.3. The van der Waals surface area contributed by atoms with E-state index < -0.39 is 0 Å². The van der Waals surface area contributed by atoms with Crippen LogP contribution >= 0.6 is 11.8 Å². The first-order valence-corrected chi connectivity index (χ1v) is 9.06. The summed E-state index contributed by atoms with van der Waals surface area (Å²) in [5, 5.41) is 3.68. The highest BCUT2D eigenvalue weighted by molar-refractivity contribution is 7.99. The summed E-state index contributed by atoms with van der Waals surface area (Å²) in [6.07, 6.45) is 4.99. The van der Waals surface area contributed by atoms with Gasteiger partial charge in [0.15, 0.2) is 0 Å². The quantitative estimate of drug-likeness (QED) is 0.782. The Morgan fingerprint density at radius 1 is 1.29 bits per heavy atom. The number of hydrogen-bond donors (Lipinski definition) is 1. The number of ether oxygens (including phenoxy) is 2. The average Bonchev–Trinajstić information content (AvgIpc) is 3.04. The average molecular weight is 307 g/mol. The van der Waals surface area contributed by atoms with E-state index in [1.807, 2.05) is 11.8 Å². The molecule has 0 amide bonds. The van der Waals surface area contributed by atoms with Gasteiger partial charge in [0.05, 0.1) is 12.7 Å². The third kappa shape index (κ3) is 4.46. The van der Waals surface area contributed by atoms with Crippen molar-refractivity contribution in [3.8, 4) is 0 Å². The van der Waals surface area contributed by atoms with Crippen molar-refractivity contribution in [1.29, 1.82) is 0 Å². The van der Waals surface area contributed by atoms with Crippen LogP contribution in [-0.2, 0) is 9.47 Å². The lowest BCUT2D eigenvalue weighted by atomic mass is 10.0. The zero-order valence-electron chi connectivity index (χ0n) is 12.6. The van der Waals surface area contributed by atoms with Crippen LogP contribution in [0.5, 0.6) is 0 Å². The van der Waals surface area contributed by atoms with E-state index in [1.54, 1.807) is 0 Å². The highest BCUT2D eigenvalue weighted by Crippen LogP contribution is 2.35. The zero-order chi connectivity index (χ0) is 14.3. The molecule has 0 bridgehead atoms. The number of benzene rings is 1. The molecule has 116 valence electrons. The molecular formula is C17H25NO2S. The standard InChI is InChI=1S/C17H25NO2S/c1-2-7-17-15(6-1)16(8-12-21-17)18-9-4-10-19-13-14-5-3-11-20-14/h1-2,6-7,14,16,18H,3-5,8-13H2. The molecular weight excluding hydrogens is 282 g/mol. The van der Waals surface area contributed by atoms with Gasteiger partial charge in [-0.2, -0.15) is 0 Å². The summed E-state index contributed by atoms with van der Waals surface area (Å²) in [5.74, 6) is 1.21. The molecule has 21 heavy (non-hydrogen) atoms. The SMILES string of the molecule is c1ccc2c(c1)SCCC2NCCCOCC1CCCO1. The predicted octanol–water partition coefficient (Wildman–Crippen LogP) is 3.40. The number of hydrogen-bond acceptors (Lipinski definition) is 4. The molecule has 2 aliphatic heterocycles. The second-order valence-corrected chi connectivity index (χ2v) is 6.88. The first-order valence-electron chi connectivity index (χ1n) is 8.08. The Hall–Kier alpha value is -0.550. The normalized spacial score (nSPS) is 25.0. The Morgan fingerprint density at radius 3 is 3.14 bits per heavy atom. The molecule has 0 spiro atoms. The monoisotopic (exact) mass is 307 g/mol. The third-order valence-corrected chi connectivity index (χ3v) is 5.27. The fourth-order valence-corrected chi connectivity index (χ4v) is 4.12. The van der Waals surface area contributed by atoms with E-state index in [4.69, 9.17) is 9.47 Å². The molecule has 2 unspecified atom stereocenters. The molecule has 2 atom stereocenters. The van der Waals surface area contributed by atoms with E-state index in [9.17, 15) is 0 Å². The smallest absolute Gasteiger partial charge is 0.0809 e. The maximum atomic E-state index is 5.71. The van der Waals surface area contributed by atoms with Gasteiger partial charge in [0.25, 0.3) is 0 Å². The van der Waals surface area contributed by atoms with Gasteiger partial charge in [0.1, 0.15) is 0 Å². The molecule has 0 radical (unpaired) electrons. The number of fused-ring (bicyclic) bond motifs is 1. The van der Waals surface area contributed by atoms with Crippen LogP contribution in [0.3, 0.4) is 0 Å². The molecule has 1 aromatic rings. The van der Waals surface area contributed by atoms with Crippen LogP contribution < -0.4 is 5.32 Å². The summed E-state index contributed by atoms with van der Waals surface area (Å²) < 4.78 is 11.3. The molecule has 3 nitrogen and oxygen atoms in total. The summed E-state index contributed by atoms with van der Waals surface area (Å²) in [6.45, 7) is 3.53. The van der Waals surface area contributed by atoms with Gasteiger partial charge in [0, 0.05) is 24.2 Å². The lowest BCUT2D eigenvalue weighted by Crippen LogP contribution is -2.26. The molecule has 1 saturated heterocycles. The molecule has 2 aliphatic rings. The topological polar surface area (TPSA) is 30.5 Å². The summed E-state index contributed by atoms with van der Waals surface area (Å²) in [4.78, 5) is 1.44. The minimum absolute atomic E-state index is 0.347. The molecule has 1 fully saturated rings. The Bertz CT molecular complexity index is 435. The molecule has 1 aromatic carbocycles. The van der Waals surface area contributed by atoms with Crippen molar-refractivity contribution in [1.82, 2.24) is 5.32 Å². The minimum atomic E-state index is 0.347. The van der Waals surface area contributed by atoms with Gasteiger partial charge in [-0.15, -0.1) is 11.8 Å². The molecule has 3 rings (SSSR count). The van der Waals surface area contributed by atoms with E-state index in [0.717, 1.165) is 39.2 Å². The van der Waals surface area contributed by atoms with E-state index >= 15 is 0 Å². The fraction of sp³-hybridized carbons (Fsp3) is 0.647. The van der Waals surface area contributed by atoms with E-state index in [-0.39, 0.29) is 0 Å². The van der Waals surface area contributed by atoms with Crippen molar-refractivity contribution in [3.05, 3.63) is 29.8 Å². The van der Waals surface area contributed by atoms with Crippen LogP contribution in [0.2, 0.25) is 0 Å². The van der Waals surface area contributed by atoms with Gasteiger partial charge in [0.2, 0.25) is 0 Å². The number of nitrogens with one attached hydrogen (secondary N) is 1. The predicted molar refractivity (Wildman–Crippen MR) is 86.9 cm³/mol. The van der Waals surface area contributed by atoms with Crippen molar-refractivity contribution in [2.45, 2.75) is 42.7 Å². The number of rotatable bonds is 7. The van der Waals surface area contributed by atoms with Gasteiger partial charge < -0.3 is 14.8 Å². The van der Waals surface area contributed by atoms with Crippen LogP contribution in [-0.4, -0.2) is 38.2 Å². The highest BCUT2D eigenvalue weighted by atomic mass is 32.2. The van der Waals surface area contributed by atoms with Gasteiger partial charge in [-0.3, -0.25) is 0 Å². The maximum Gasteiger partial charge on any atom is 0.0809 e. The lowest BCUT2D eigenvalue weighted by Gasteiger charge is -2.26. The molecule has 0 aliphatic carbocycles. The van der Waals surface area contributed by atoms with Crippen LogP contribution in [0.1, 0.15) is 37.3 Å². The van der Waals surface area contributed by atoms with E-state index in [0.29, 0.717) is 12.1 Å². The molecule has 0 saturated carbocycles. The van der Waals surface area contributed by atoms with E-state index in [2.05, 4.69) is 29.6 Å². The van der Waals surface area contributed by atoms with Crippen LogP contribution in [0.4, 0.5) is 0 Å². The Labute approximate surface area is 131 Å². The lowest BCUT2D eigenvalue weighted by molar-refractivity contribution is 0.0165. The van der Waals surface area contributed by atoms with E-state index in [1.165, 1.54) is 29.1 Å².